The molecule has 27 heavy (non-hydrogen) atoms. The lowest BCUT2D eigenvalue weighted by Crippen LogP contribution is -2.51. The van der Waals surface area contributed by atoms with Crippen LogP contribution in [0.3, 0.4) is 0 Å². The average molecular weight is 378 g/mol. The van der Waals surface area contributed by atoms with E-state index in [1.54, 1.807) is 19.9 Å². The molecule has 1 heterocycles. The zero-order valence-corrected chi connectivity index (χ0v) is 16.0. The second-order valence-corrected chi connectivity index (χ2v) is 8.34. The molecule has 0 bridgehead atoms. The quantitative estimate of drug-likeness (QED) is 0.797. The van der Waals surface area contributed by atoms with Crippen molar-refractivity contribution in [2.24, 2.45) is 5.92 Å². The number of alkyl halides is 3. The van der Waals surface area contributed by atoms with Crippen molar-refractivity contribution in [3.63, 3.8) is 0 Å². The van der Waals surface area contributed by atoms with E-state index in [0.717, 1.165) is 22.4 Å². The molecule has 3 rings (SSSR count). The third-order valence-corrected chi connectivity index (χ3v) is 4.98. The van der Waals surface area contributed by atoms with Crippen molar-refractivity contribution in [3.05, 3.63) is 47.5 Å². The molecule has 1 aliphatic rings. The summed E-state index contributed by atoms with van der Waals surface area (Å²) < 4.78 is 42.5. The molecule has 1 N–H and O–H groups in total. The number of hydrogen-bond donors (Lipinski definition) is 1. The monoisotopic (exact) mass is 378 g/mol. The molecule has 1 fully saturated rings. The SMILES string of the molecule is CC(C)Cc1ccc2cccc([C@H](N3NC(=O)CC3(C)C)C(F)(F)F)c2c1. The zero-order valence-electron chi connectivity index (χ0n) is 16.0. The second-order valence-electron chi connectivity index (χ2n) is 8.34. The van der Waals surface area contributed by atoms with Gasteiger partial charge < -0.3 is 0 Å². The number of amides is 1. The van der Waals surface area contributed by atoms with E-state index in [0.29, 0.717) is 11.3 Å². The van der Waals surface area contributed by atoms with Crippen LogP contribution in [0.25, 0.3) is 10.8 Å². The van der Waals surface area contributed by atoms with E-state index in [4.69, 9.17) is 0 Å². The Labute approximate surface area is 157 Å². The zero-order chi connectivity index (χ0) is 20.0. The first kappa shape index (κ1) is 19.7. The van der Waals surface area contributed by atoms with E-state index in [-0.39, 0.29) is 12.0 Å². The van der Waals surface area contributed by atoms with Crippen molar-refractivity contribution in [2.45, 2.75) is 58.3 Å². The third-order valence-electron chi connectivity index (χ3n) is 4.98. The van der Waals surface area contributed by atoms with Gasteiger partial charge in [0, 0.05) is 12.0 Å². The number of halogens is 3. The van der Waals surface area contributed by atoms with Gasteiger partial charge in [0.05, 0.1) is 0 Å². The summed E-state index contributed by atoms with van der Waals surface area (Å²) in [6.07, 6.45) is -3.70. The highest BCUT2D eigenvalue weighted by atomic mass is 19.4. The summed E-state index contributed by atoms with van der Waals surface area (Å²) in [5, 5.41) is 2.41. The number of benzene rings is 2. The Balaban J connectivity index is 2.17. The number of hydrogen-bond acceptors (Lipinski definition) is 2. The van der Waals surface area contributed by atoms with Crippen molar-refractivity contribution in [1.82, 2.24) is 10.4 Å². The Morgan fingerprint density at radius 1 is 1.19 bits per heavy atom. The molecule has 0 aromatic heterocycles. The second kappa shape index (κ2) is 6.82. The minimum absolute atomic E-state index is 0.0307. The number of carbonyl (C=O) groups excluding carboxylic acids is 1. The topological polar surface area (TPSA) is 32.3 Å². The van der Waals surface area contributed by atoms with Crippen LogP contribution in [0, 0.1) is 5.92 Å². The maximum atomic E-state index is 14.2. The van der Waals surface area contributed by atoms with Crippen molar-refractivity contribution < 1.29 is 18.0 Å². The van der Waals surface area contributed by atoms with E-state index < -0.39 is 23.7 Å². The van der Waals surface area contributed by atoms with Crippen molar-refractivity contribution in [2.75, 3.05) is 0 Å². The highest BCUT2D eigenvalue weighted by molar-refractivity contribution is 5.87. The Morgan fingerprint density at radius 3 is 2.44 bits per heavy atom. The van der Waals surface area contributed by atoms with Gasteiger partial charge in [-0.15, -0.1) is 0 Å². The molecule has 6 heteroatoms. The van der Waals surface area contributed by atoms with E-state index >= 15 is 0 Å². The number of carbonyl (C=O) groups is 1. The van der Waals surface area contributed by atoms with Gasteiger partial charge in [-0.3, -0.25) is 10.2 Å². The Morgan fingerprint density at radius 2 is 1.89 bits per heavy atom. The molecule has 1 aliphatic heterocycles. The van der Waals surface area contributed by atoms with Crippen LogP contribution in [-0.2, 0) is 11.2 Å². The van der Waals surface area contributed by atoms with Crippen LogP contribution in [0.5, 0.6) is 0 Å². The number of fused-ring (bicyclic) bond motifs is 1. The number of hydrazine groups is 1. The predicted octanol–water partition coefficient (Wildman–Crippen LogP) is 5.16. The van der Waals surface area contributed by atoms with Gasteiger partial charge in [-0.25, -0.2) is 0 Å². The van der Waals surface area contributed by atoms with Crippen LogP contribution in [-0.4, -0.2) is 22.6 Å². The molecule has 3 nitrogen and oxygen atoms in total. The highest BCUT2D eigenvalue weighted by Gasteiger charge is 2.53. The molecule has 1 atom stereocenters. The Bertz CT molecular complexity index is 858. The van der Waals surface area contributed by atoms with Gasteiger partial charge in [-0.2, -0.15) is 18.2 Å². The lowest BCUT2D eigenvalue weighted by atomic mass is 9.92. The van der Waals surface area contributed by atoms with Crippen LogP contribution in [0.15, 0.2) is 36.4 Å². The number of nitrogens with one attached hydrogen (secondary N) is 1. The van der Waals surface area contributed by atoms with Crippen molar-refractivity contribution in [1.29, 1.82) is 0 Å². The molecule has 2 aromatic carbocycles. The fraction of sp³-hybridized carbons (Fsp3) is 0.476. The minimum atomic E-state index is -4.53. The minimum Gasteiger partial charge on any atom is -0.287 e. The normalized spacial score (nSPS) is 18.9. The standard InChI is InChI=1S/C21H25F3N2O/c1-13(2)10-14-8-9-15-6-5-7-16(17(15)11-14)19(21(22,23)24)26-20(3,4)12-18(27)25-26/h5-9,11,13,19H,10,12H2,1-4H3,(H,25,27)/t19-/m0/s1. The van der Waals surface area contributed by atoms with Crippen LogP contribution in [0.2, 0.25) is 0 Å². The van der Waals surface area contributed by atoms with E-state index in [2.05, 4.69) is 19.3 Å². The Kier molecular flexibility index (Phi) is 4.97. The molecule has 146 valence electrons. The maximum Gasteiger partial charge on any atom is 0.409 e. The van der Waals surface area contributed by atoms with Gasteiger partial charge in [-0.05, 0) is 48.1 Å². The molecule has 0 spiro atoms. The molecule has 0 unspecified atom stereocenters. The predicted molar refractivity (Wildman–Crippen MR) is 100.0 cm³/mol. The molecule has 0 saturated carbocycles. The van der Waals surface area contributed by atoms with Gasteiger partial charge in [0.25, 0.3) is 0 Å². The Hall–Kier alpha value is -2.08. The van der Waals surface area contributed by atoms with Crippen molar-refractivity contribution >= 4 is 16.7 Å². The van der Waals surface area contributed by atoms with Gasteiger partial charge in [0.2, 0.25) is 5.91 Å². The summed E-state index contributed by atoms with van der Waals surface area (Å²) >= 11 is 0. The first-order chi connectivity index (χ1) is 12.5. The van der Waals surface area contributed by atoms with E-state index in [1.807, 2.05) is 24.3 Å². The van der Waals surface area contributed by atoms with Gasteiger partial charge >= 0.3 is 6.18 Å². The summed E-state index contributed by atoms with van der Waals surface area (Å²) in [4.78, 5) is 11.9. The lowest BCUT2D eigenvalue weighted by Gasteiger charge is -2.38. The molecule has 1 amide bonds. The van der Waals surface area contributed by atoms with Crippen LogP contribution in [0.4, 0.5) is 13.2 Å². The van der Waals surface area contributed by atoms with Gasteiger partial charge in [0.15, 0.2) is 6.04 Å². The highest BCUT2D eigenvalue weighted by Crippen LogP contribution is 2.44. The lowest BCUT2D eigenvalue weighted by molar-refractivity contribution is -0.203. The molecular formula is C21H25F3N2O. The molecule has 1 saturated heterocycles. The van der Waals surface area contributed by atoms with Gasteiger partial charge in [-0.1, -0.05) is 50.2 Å². The summed E-state index contributed by atoms with van der Waals surface area (Å²) in [5.74, 6) is 0.0137. The average Bonchev–Trinajstić information content (AvgIpc) is 2.78. The molecule has 2 aromatic rings. The molecule has 0 radical (unpaired) electrons. The van der Waals surface area contributed by atoms with Crippen LogP contribution in [0.1, 0.15) is 51.3 Å². The summed E-state index contributed by atoms with van der Waals surface area (Å²) in [5.41, 5.74) is 2.68. The number of nitrogens with zero attached hydrogens (tertiary/aromatic N) is 1. The fourth-order valence-electron chi connectivity index (χ4n) is 3.86. The maximum absolute atomic E-state index is 14.2. The number of rotatable bonds is 4. The van der Waals surface area contributed by atoms with Crippen molar-refractivity contribution in [3.8, 4) is 0 Å². The third kappa shape index (κ3) is 3.95. The first-order valence-corrected chi connectivity index (χ1v) is 9.16. The molecule has 0 aliphatic carbocycles. The van der Waals surface area contributed by atoms with Crippen LogP contribution < -0.4 is 5.43 Å². The van der Waals surface area contributed by atoms with E-state index in [1.165, 1.54) is 6.07 Å². The fourth-order valence-corrected chi connectivity index (χ4v) is 3.86. The molecular weight excluding hydrogens is 353 g/mol. The summed E-state index contributed by atoms with van der Waals surface area (Å²) in [7, 11) is 0. The van der Waals surface area contributed by atoms with E-state index in [9.17, 15) is 18.0 Å². The summed E-state index contributed by atoms with van der Waals surface area (Å²) in [6.45, 7) is 7.46. The van der Waals surface area contributed by atoms with Crippen LogP contribution >= 0.6 is 0 Å². The smallest absolute Gasteiger partial charge is 0.287 e. The first-order valence-electron chi connectivity index (χ1n) is 9.16. The largest absolute Gasteiger partial charge is 0.409 e. The summed E-state index contributed by atoms with van der Waals surface area (Å²) in [6, 6.07) is 8.77. The van der Waals surface area contributed by atoms with Gasteiger partial charge in [0.1, 0.15) is 0 Å².